The predicted molar refractivity (Wildman–Crippen MR) is 53.4 cm³/mol. The van der Waals surface area contributed by atoms with E-state index in [1.165, 1.54) is 5.56 Å². The molecule has 1 aliphatic rings. The molecule has 1 aromatic rings. The fourth-order valence-corrected chi connectivity index (χ4v) is 1.39. The molecule has 1 aromatic carbocycles. The summed E-state index contributed by atoms with van der Waals surface area (Å²) in [4.78, 5) is 32.6. The van der Waals surface area contributed by atoms with Crippen LogP contribution in [0.15, 0.2) is 24.3 Å². The first-order valence-corrected chi connectivity index (χ1v) is 5.84. The number of carbonyl (C=O) groups excluding carboxylic acids is 1. The first-order chi connectivity index (χ1) is 6.88. The standard InChI is InChI=1S/C9H8O.H3O4P/c10-9-6-5-7-3-1-2-4-8(7)9;1-5(2,3)4/h1-4H,5-6H2;(H3,1,2,3,4). The maximum absolute atomic E-state index is 11.1. The van der Waals surface area contributed by atoms with Crippen LogP contribution >= 0.6 is 7.82 Å². The van der Waals surface area contributed by atoms with Gasteiger partial charge in [-0.25, -0.2) is 4.57 Å². The maximum atomic E-state index is 11.1. The number of Topliss-reactive ketones (excluding diaryl/α,β-unsaturated/α-hetero) is 1. The molecule has 5 nitrogen and oxygen atoms in total. The number of hydrogen-bond acceptors (Lipinski definition) is 2. The predicted octanol–water partition coefficient (Wildman–Crippen LogP) is 0.887. The van der Waals surface area contributed by atoms with E-state index in [2.05, 4.69) is 0 Å². The van der Waals surface area contributed by atoms with E-state index < -0.39 is 7.82 Å². The molecular weight excluding hydrogens is 219 g/mol. The first-order valence-electron chi connectivity index (χ1n) is 4.27. The van der Waals surface area contributed by atoms with Gasteiger partial charge < -0.3 is 14.7 Å². The van der Waals surface area contributed by atoms with Crippen molar-refractivity contribution in [1.82, 2.24) is 0 Å². The molecule has 15 heavy (non-hydrogen) atoms. The number of benzene rings is 1. The second kappa shape index (κ2) is 4.68. The van der Waals surface area contributed by atoms with Gasteiger partial charge >= 0.3 is 7.82 Å². The van der Waals surface area contributed by atoms with Gasteiger partial charge in [0.15, 0.2) is 5.78 Å². The monoisotopic (exact) mass is 230 g/mol. The van der Waals surface area contributed by atoms with Gasteiger partial charge in [-0.1, -0.05) is 24.3 Å². The van der Waals surface area contributed by atoms with E-state index in [4.69, 9.17) is 19.2 Å². The minimum Gasteiger partial charge on any atom is -0.303 e. The van der Waals surface area contributed by atoms with Crippen LogP contribution in [0, 0.1) is 0 Å². The van der Waals surface area contributed by atoms with Gasteiger partial charge in [-0.15, -0.1) is 0 Å². The van der Waals surface area contributed by atoms with Crippen LogP contribution in [0.25, 0.3) is 0 Å². The third-order valence-corrected chi connectivity index (χ3v) is 1.94. The van der Waals surface area contributed by atoms with Crippen molar-refractivity contribution in [3.8, 4) is 0 Å². The van der Waals surface area contributed by atoms with Crippen molar-refractivity contribution in [2.45, 2.75) is 12.8 Å². The number of rotatable bonds is 0. The van der Waals surface area contributed by atoms with E-state index >= 15 is 0 Å². The van der Waals surface area contributed by atoms with Crippen LogP contribution < -0.4 is 0 Å². The summed E-state index contributed by atoms with van der Waals surface area (Å²) in [6.45, 7) is 0. The molecule has 0 unspecified atom stereocenters. The molecule has 0 spiro atoms. The minimum atomic E-state index is -4.64. The summed E-state index contributed by atoms with van der Waals surface area (Å²) in [5.41, 5.74) is 2.15. The molecule has 0 aliphatic heterocycles. The van der Waals surface area contributed by atoms with E-state index in [1.807, 2.05) is 24.3 Å². The highest BCUT2D eigenvalue weighted by Crippen LogP contribution is 2.25. The van der Waals surface area contributed by atoms with Crippen molar-refractivity contribution in [2.24, 2.45) is 0 Å². The van der Waals surface area contributed by atoms with E-state index in [-0.39, 0.29) is 0 Å². The van der Waals surface area contributed by atoms with Crippen LogP contribution in [-0.4, -0.2) is 20.5 Å². The molecule has 2 rings (SSSR count). The number of ketones is 1. The van der Waals surface area contributed by atoms with E-state index in [1.54, 1.807) is 0 Å². The Morgan fingerprint density at radius 3 is 2.13 bits per heavy atom. The molecule has 0 aromatic heterocycles. The van der Waals surface area contributed by atoms with E-state index in [0.29, 0.717) is 12.2 Å². The highest BCUT2D eigenvalue weighted by atomic mass is 31.2. The molecule has 1 aliphatic carbocycles. The lowest BCUT2D eigenvalue weighted by atomic mass is 10.1. The Labute approximate surface area is 86.6 Å². The molecule has 0 radical (unpaired) electrons. The van der Waals surface area contributed by atoms with Gasteiger partial charge in [-0.05, 0) is 12.0 Å². The summed E-state index contributed by atoms with van der Waals surface area (Å²) in [7, 11) is -4.64. The Morgan fingerprint density at radius 1 is 1.07 bits per heavy atom. The Balaban J connectivity index is 0.000000195. The number of phosphoric acid groups is 1. The lowest BCUT2D eigenvalue weighted by molar-refractivity contribution is 0.0994. The van der Waals surface area contributed by atoms with E-state index in [9.17, 15) is 4.79 Å². The van der Waals surface area contributed by atoms with Gasteiger partial charge in [0.25, 0.3) is 0 Å². The third-order valence-electron chi connectivity index (χ3n) is 1.94. The average molecular weight is 230 g/mol. The molecule has 0 saturated carbocycles. The fourth-order valence-electron chi connectivity index (χ4n) is 1.39. The molecule has 0 bridgehead atoms. The van der Waals surface area contributed by atoms with Gasteiger partial charge in [0.05, 0.1) is 0 Å². The van der Waals surface area contributed by atoms with Crippen LogP contribution in [-0.2, 0) is 11.0 Å². The number of fused-ring (bicyclic) bond motifs is 1. The van der Waals surface area contributed by atoms with Gasteiger partial charge in [-0.2, -0.15) is 0 Å². The summed E-state index contributed by atoms with van der Waals surface area (Å²) in [5, 5.41) is 0. The SMILES string of the molecule is O=C1CCc2ccccc21.O=P(O)(O)O. The maximum Gasteiger partial charge on any atom is 0.466 e. The number of aryl methyl sites for hydroxylation is 1. The van der Waals surface area contributed by atoms with Gasteiger partial charge in [0.1, 0.15) is 0 Å². The summed E-state index contributed by atoms with van der Waals surface area (Å²) >= 11 is 0. The molecule has 0 heterocycles. The van der Waals surface area contributed by atoms with Crippen molar-refractivity contribution in [3.63, 3.8) is 0 Å². The van der Waals surface area contributed by atoms with Gasteiger partial charge in [0.2, 0.25) is 0 Å². The fraction of sp³-hybridized carbons (Fsp3) is 0.222. The molecule has 0 fully saturated rings. The summed E-state index contributed by atoms with van der Waals surface area (Å²) < 4.78 is 8.88. The first kappa shape index (κ1) is 12.1. The Kier molecular flexibility index (Phi) is 3.77. The zero-order chi connectivity index (χ0) is 11.5. The van der Waals surface area contributed by atoms with Crippen LogP contribution in [0.5, 0.6) is 0 Å². The summed E-state index contributed by atoms with van der Waals surface area (Å²) in [5.74, 6) is 0.301. The summed E-state index contributed by atoms with van der Waals surface area (Å²) in [6.07, 6.45) is 1.65. The van der Waals surface area contributed by atoms with Crippen LogP contribution in [0.2, 0.25) is 0 Å². The minimum absolute atomic E-state index is 0.301. The molecule has 0 saturated heterocycles. The Hall–Kier alpha value is -1.00. The van der Waals surface area contributed by atoms with E-state index in [0.717, 1.165) is 12.0 Å². The molecular formula is C9H11O5P. The van der Waals surface area contributed by atoms with Crippen molar-refractivity contribution >= 4 is 13.6 Å². The van der Waals surface area contributed by atoms with Gasteiger partial charge in [-0.3, -0.25) is 4.79 Å². The second-order valence-corrected chi connectivity index (χ2v) is 4.12. The van der Waals surface area contributed by atoms with Crippen molar-refractivity contribution in [2.75, 3.05) is 0 Å². The second-order valence-electron chi connectivity index (χ2n) is 3.09. The Bertz CT molecular complexity index is 400. The quantitative estimate of drug-likeness (QED) is 0.575. The van der Waals surface area contributed by atoms with Crippen molar-refractivity contribution in [1.29, 1.82) is 0 Å². The molecule has 0 amide bonds. The average Bonchev–Trinajstić information content (AvgIpc) is 2.46. The van der Waals surface area contributed by atoms with Crippen LogP contribution in [0.3, 0.4) is 0 Å². The van der Waals surface area contributed by atoms with Crippen molar-refractivity contribution in [3.05, 3.63) is 35.4 Å². The smallest absolute Gasteiger partial charge is 0.303 e. The zero-order valence-electron chi connectivity index (χ0n) is 7.83. The summed E-state index contributed by atoms with van der Waals surface area (Å²) in [6, 6.07) is 7.84. The number of carbonyl (C=O) groups is 1. The van der Waals surface area contributed by atoms with Crippen molar-refractivity contribution < 1.29 is 24.0 Å². The Morgan fingerprint density at radius 2 is 1.60 bits per heavy atom. The normalized spacial score (nSPS) is 14.2. The highest BCUT2D eigenvalue weighted by Gasteiger charge is 2.17. The third kappa shape index (κ3) is 4.36. The zero-order valence-corrected chi connectivity index (χ0v) is 8.72. The largest absolute Gasteiger partial charge is 0.466 e. The molecule has 6 heteroatoms. The molecule has 0 atom stereocenters. The van der Waals surface area contributed by atoms with Crippen LogP contribution in [0.1, 0.15) is 22.3 Å². The number of hydrogen-bond donors (Lipinski definition) is 3. The lowest BCUT2D eigenvalue weighted by Crippen LogP contribution is -1.88. The topological polar surface area (TPSA) is 94.8 Å². The van der Waals surface area contributed by atoms with Crippen LogP contribution in [0.4, 0.5) is 0 Å². The molecule has 82 valence electrons. The van der Waals surface area contributed by atoms with Gasteiger partial charge in [0, 0.05) is 12.0 Å². The lowest BCUT2D eigenvalue weighted by Gasteiger charge is -1.92. The molecule has 3 N–H and O–H groups in total. The highest BCUT2D eigenvalue weighted by molar-refractivity contribution is 7.45.